The summed E-state index contributed by atoms with van der Waals surface area (Å²) in [6.45, 7) is 10.4. The van der Waals surface area contributed by atoms with E-state index < -0.39 is 0 Å². The van der Waals surface area contributed by atoms with Crippen LogP contribution in [0, 0.1) is 13.3 Å². The maximum atomic E-state index is 3.63. The maximum absolute atomic E-state index is 3.63. The molecule has 0 aromatic heterocycles. The molecule has 0 atom stereocenters. The summed E-state index contributed by atoms with van der Waals surface area (Å²) in [5.74, 6) is 0. The molecule has 7 rings (SSSR count). The molecule has 0 bridgehead atoms. The molecule has 0 fully saturated rings. The molecule has 0 unspecified atom stereocenters. The minimum atomic E-state index is 0.764. The van der Waals surface area contributed by atoms with Gasteiger partial charge in [0.15, 0.2) is 0 Å². The van der Waals surface area contributed by atoms with Crippen molar-refractivity contribution in [2.24, 2.45) is 0 Å². The smallest absolute Gasteiger partial charge is 0.209 e. The monoisotopic (exact) mass is 518 g/mol. The number of fused-ring (bicyclic) bond motifs is 2. The average molecular weight is 519 g/mol. The highest BCUT2D eigenvalue weighted by Gasteiger charge is 2.29. The van der Waals surface area contributed by atoms with Crippen LogP contribution in [0.2, 0.25) is 0 Å². The van der Waals surface area contributed by atoms with E-state index in [1.807, 2.05) is 0 Å². The van der Waals surface area contributed by atoms with Crippen molar-refractivity contribution in [2.75, 3.05) is 19.6 Å². The third-order valence-corrected chi connectivity index (χ3v) is 7.45. The van der Waals surface area contributed by atoms with Crippen LogP contribution in [0.4, 0.5) is 22.7 Å². The predicted octanol–water partition coefficient (Wildman–Crippen LogP) is 7.73. The Hall–Kier alpha value is -4.70. The van der Waals surface area contributed by atoms with Gasteiger partial charge in [-0.1, -0.05) is 109 Å². The van der Waals surface area contributed by atoms with E-state index >= 15 is 0 Å². The second-order valence-corrected chi connectivity index (χ2v) is 10.3. The van der Waals surface area contributed by atoms with E-state index in [-0.39, 0.29) is 0 Å². The van der Waals surface area contributed by atoms with Crippen molar-refractivity contribution in [1.82, 2.24) is 0 Å². The summed E-state index contributed by atoms with van der Waals surface area (Å²) in [5, 5.41) is 0. The Labute approximate surface area is 237 Å². The van der Waals surface area contributed by atoms with E-state index in [0.29, 0.717) is 0 Å². The molecule has 0 aliphatic carbocycles. The van der Waals surface area contributed by atoms with Crippen LogP contribution in [0.1, 0.15) is 22.3 Å². The molecule has 2 heterocycles. The average Bonchev–Trinajstić information content (AvgIpc) is 3.52. The molecule has 0 saturated carbocycles. The van der Waals surface area contributed by atoms with Crippen LogP contribution in [0.3, 0.4) is 0 Å². The molecular weight excluding hydrogens is 488 g/mol. The molecular formula is C36H30N4. The lowest BCUT2D eigenvalue weighted by atomic mass is 10.1. The molecule has 4 heteroatoms. The second-order valence-electron chi connectivity index (χ2n) is 10.3. The minimum absolute atomic E-state index is 0.764. The molecule has 0 spiro atoms. The molecule has 2 aliphatic heterocycles. The summed E-state index contributed by atoms with van der Waals surface area (Å²) in [5.41, 5.74) is 9.83. The van der Waals surface area contributed by atoms with E-state index in [9.17, 15) is 0 Å². The number of anilines is 4. The Morgan fingerprint density at radius 3 is 1.00 bits per heavy atom. The number of para-hydroxylation sites is 4. The van der Waals surface area contributed by atoms with Crippen molar-refractivity contribution < 1.29 is 0 Å². The first kappa shape index (κ1) is 24.3. The zero-order valence-corrected chi connectivity index (χ0v) is 22.3. The maximum Gasteiger partial charge on any atom is 0.209 e. The highest BCUT2D eigenvalue weighted by atomic mass is 15.4. The number of benzene rings is 5. The Morgan fingerprint density at radius 2 is 0.625 bits per heavy atom. The number of rotatable bonds is 8. The summed E-state index contributed by atoms with van der Waals surface area (Å²) < 4.78 is 0. The van der Waals surface area contributed by atoms with Gasteiger partial charge in [0.05, 0.1) is 22.7 Å². The lowest BCUT2D eigenvalue weighted by molar-refractivity contribution is 0.838. The molecule has 4 nitrogen and oxygen atoms in total. The first-order valence-electron chi connectivity index (χ1n) is 13.8. The van der Waals surface area contributed by atoms with E-state index in [4.69, 9.17) is 0 Å². The quantitative estimate of drug-likeness (QED) is 0.208. The molecule has 4 radical (unpaired) electrons. The van der Waals surface area contributed by atoms with Gasteiger partial charge in [0, 0.05) is 26.2 Å². The van der Waals surface area contributed by atoms with Crippen molar-refractivity contribution in [3.63, 3.8) is 0 Å². The third kappa shape index (κ3) is 5.01. The lowest BCUT2D eigenvalue weighted by Crippen LogP contribution is -2.25. The topological polar surface area (TPSA) is 13.0 Å². The van der Waals surface area contributed by atoms with Crippen LogP contribution < -0.4 is 19.6 Å². The fourth-order valence-electron chi connectivity index (χ4n) is 5.55. The van der Waals surface area contributed by atoms with Crippen LogP contribution in [-0.4, -0.2) is 0 Å². The summed E-state index contributed by atoms with van der Waals surface area (Å²) in [7, 11) is 0. The first-order chi connectivity index (χ1) is 19.8. The van der Waals surface area contributed by atoms with Crippen LogP contribution in [0.5, 0.6) is 0 Å². The van der Waals surface area contributed by atoms with Crippen LogP contribution in [0.25, 0.3) is 0 Å². The molecule has 5 aromatic rings. The predicted molar refractivity (Wildman–Crippen MR) is 163 cm³/mol. The Kier molecular flexibility index (Phi) is 6.58. The minimum Gasteiger partial charge on any atom is -0.335 e. The summed E-state index contributed by atoms with van der Waals surface area (Å²) in [4.78, 5) is 8.92. The largest absolute Gasteiger partial charge is 0.335 e. The lowest BCUT2D eigenvalue weighted by Gasteiger charge is -2.21. The Balaban J connectivity index is 1.07. The SMILES string of the molecule is [C]1N(Cc2ccccc2)c2ccccc2N1Cc1cccc(CN2[C]N(Cc3ccccc3)c3ccccc32)c1. The van der Waals surface area contributed by atoms with Crippen LogP contribution in [0.15, 0.2) is 133 Å². The molecule has 2 aliphatic rings. The van der Waals surface area contributed by atoms with Gasteiger partial charge < -0.3 is 19.6 Å². The number of nitrogens with zero attached hydrogens (tertiary/aromatic N) is 4. The Bertz CT molecular complexity index is 1470. The molecule has 194 valence electrons. The standard InChI is InChI=1S/C36H30N4/c1-3-12-29(13-4-1)23-37-27-39(35-20-9-7-18-33(35)37)25-31-16-11-17-32(22-31)26-40-28-38(24-30-14-5-2-6-15-30)34-19-8-10-21-36(34)40/h1-22H,23-26H2. The second kappa shape index (κ2) is 10.8. The third-order valence-electron chi connectivity index (χ3n) is 7.45. The van der Waals surface area contributed by atoms with E-state index in [2.05, 4.69) is 166 Å². The van der Waals surface area contributed by atoms with Gasteiger partial charge in [-0.05, 0) is 46.5 Å². The highest BCUT2D eigenvalue weighted by molar-refractivity contribution is 5.79. The molecule has 0 saturated heterocycles. The highest BCUT2D eigenvalue weighted by Crippen LogP contribution is 2.41. The van der Waals surface area contributed by atoms with Gasteiger partial charge in [-0.3, -0.25) is 0 Å². The fraction of sp³-hybridized carbons (Fsp3) is 0.111. The van der Waals surface area contributed by atoms with E-state index in [0.717, 1.165) is 26.2 Å². The summed E-state index contributed by atoms with van der Waals surface area (Å²) in [6.07, 6.45) is 0. The zero-order chi connectivity index (χ0) is 26.7. The molecule has 5 aromatic carbocycles. The summed E-state index contributed by atoms with van der Waals surface area (Å²) in [6, 6.07) is 47.2. The van der Waals surface area contributed by atoms with Gasteiger partial charge in [-0.2, -0.15) is 0 Å². The molecule has 0 amide bonds. The van der Waals surface area contributed by atoms with Crippen molar-refractivity contribution in [2.45, 2.75) is 26.2 Å². The van der Waals surface area contributed by atoms with E-state index in [1.165, 1.54) is 45.0 Å². The number of hydrogen-bond donors (Lipinski definition) is 0. The van der Waals surface area contributed by atoms with Gasteiger partial charge in [-0.15, -0.1) is 0 Å². The Morgan fingerprint density at radius 1 is 0.325 bits per heavy atom. The van der Waals surface area contributed by atoms with Gasteiger partial charge in [0.25, 0.3) is 0 Å². The fourth-order valence-corrected chi connectivity index (χ4v) is 5.55. The van der Waals surface area contributed by atoms with Gasteiger partial charge in [-0.25, -0.2) is 0 Å². The first-order valence-corrected chi connectivity index (χ1v) is 13.8. The van der Waals surface area contributed by atoms with Crippen LogP contribution >= 0.6 is 0 Å². The van der Waals surface area contributed by atoms with Gasteiger partial charge in [0.2, 0.25) is 13.3 Å². The van der Waals surface area contributed by atoms with Crippen molar-refractivity contribution in [3.05, 3.63) is 169 Å². The van der Waals surface area contributed by atoms with Gasteiger partial charge >= 0.3 is 0 Å². The van der Waals surface area contributed by atoms with Crippen molar-refractivity contribution >= 4 is 22.7 Å². The zero-order valence-electron chi connectivity index (χ0n) is 22.3. The van der Waals surface area contributed by atoms with Crippen molar-refractivity contribution in [1.29, 1.82) is 0 Å². The molecule has 0 N–H and O–H groups in total. The van der Waals surface area contributed by atoms with Crippen molar-refractivity contribution in [3.8, 4) is 0 Å². The van der Waals surface area contributed by atoms with Crippen LogP contribution in [-0.2, 0) is 26.2 Å². The summed E-state index contributed by atoms with van der Waals surface area (Å²) >= 11 is 0. The normalized spacial score (nSPS) is 14.0. The van der Waals surface area contributed by atoms with Gasteiger partial charge in [0.1, 0.15) is 0 Å². The molecule has 40 heavy (non-hydrogen) atoms. The van der Waals surface area contributed by atoms with E-state index in [1.54, 1.807) is 0 Å². The number of hydrogen-bond acceptors (Lipinski definition) is 4.